The lowest BCUT2D eigenvalue weighted by molar-refractivity contribution is -0.384. The van der Waals surface area contributed by atoms with Gasteiger partial charge in [0.25, 0.3) is 11.6 Å². The fourth-order valence-electron chi connectivity index (χ4n) is 3.10. The number of rotatable bonds is 4. The van der Waals surface area contributed by atoms with E-state index in [1.807, 2.05) is 22.4 Å². The van der Waals surface area contributed by atoms with Crippen LogP contribution in [0, 0.1) is 10.1 Å². The van der Waals surface area contributed by atoms with E-state index in [-0.39, 0.29) is 11.6 Å². The number of carbonyl (C=O) groups excluding carboxylic acids is 1. The van der Waals surface area contributed by atoms with Crippen LogP contribution in [-0.4, -0.2) is 38.6 Å². The van der Waals surface area contributed by atoms with E-state index in [2.05, 4.69) is 5.10 Å². The molecule has 0 atom stereocenters. The number of nitro groups is 1. The van der Waals surface area contributed by atoms with Gasteiger partial charge in [-0.25, -0.2) is 4.68 Å². The summed E-state index contributed by atoms with van der Waals surface area (Å²) in [5, 5.41) is 17.6. The number of thiophene rings is 1. The summed E-state index contributed by atoms with van der Waals surface area (Å²) in [6, 6.07) is 11.8. The second kappa shape index (κ2) is 6.72. The number of aromatic nitrogens is 2. The van der Waals surface area contributed by atoms with Gasteiger partial charge in [0.15, 0.2) is 0 Å². The quantitative estimate of drug-likeness (QED) is 0.519. The minimum atomic E-state index is -0.449. The minimum Gasteiger partial charge on any atom is -0.337 e. The molecule has 0 unspecified atom stereocenters. The third-order valence-electron chi connectivity index (χ3n) is 4.38. The molecular formula is C18H16N4O3S. The summed E-state index contributed by atoms with van der Waals surface area (Å²) in [6.07, 6.45) is 1.99. The molecule has 0 aliphatic carbocycles. The van der Waals surface area contributed by atoms with Crippen LogP contribution >= 0.6 is 11.3 Å². The van der Waals surface area contributed by atoms with Crippen molar-refractivity contribution in [2.75, 3.05) is 13.1 Å². The van der Waals surface area contributed by atoms with E-state index >= 15 is 0 Å². The first kappa shape index (κ1) is 16.5. The minimum absolute atomic E-state index is 0.0322. The molecule has 0 saturated carbocycles. The Morgan fingerprint density at radius 1 is 1.15 bits per heavy atom. The van der Waals surface area contributed by atoms with Gasteiger partial charge in [-0.1, -0.05) is 12.1 Å². The maximum Gasteiger partial charge on any atom is 0.272 e. The SMILES string of the molecule is O=C(c1cc(-c2cccs2)nn1-c1cccc([N+](=O)[O-])c1)N1CCCC1. The molecule has 3 heterocycles. The van der Waals surface area contributed by atoms with Crippen molar-refractivity contribution in [1.29, 1.82) is 0 Å². The van der Waals surface area contributed by atoms with Gasteiger partial charge >= 0.3 is 0 Å². The van der Waals surface area contributed by atoms with Crippen LogP contribution in [0.25, 0.3) is 16.3 Å². The molecule has 1 aromatic carbocycles. The molecule has 1 saturated heterocycles. The molecule has 8 heteroatoms. The molecule has 132 valence electrons. The predicted octanol–water partition coefficient (Wildman–Crippen LogP) is 3.75. The number of likely N-dealkylation sites (tertiary alicyclic amines) is 1. The van der Waals surface area contributed by atoms with E-state index < -0.39 is 4.92 Å². The molecule has 7 nitrogen and oxygen atoms in total. The van der Waals surface area contributed by atoms with Crippen molar-refractivity contribution in [3.05, 3.63) is 63.7 Å². The molecule has 3 aromatic rings. The zero-order chi connectivity index (χ0) is 18.1. The third kappa shape index (κ3) is 2.99. The molecule has 0 bridgehead atoms. The van der Waals surface area contributed by atoms with Gasteiger partial charge in [0.1, 0.15) is 11.4 Å². The highest BCUT2D eigenvalue weighted by Gasteiger charge is 2.25. The summed E-state index contributed by atoms with van der Waals surface area (Å²) in [4.78, 5) is 26.4. The maximum absolute atomic E-state index is 13.0. The summed E-state index contributed by atoms with van der Waals surface area (Å²) in [5.41, 5.74) is 1.59. The van der Waals surface area contributed by atoms with Crippen LogP contribution in [0.15, 0.2) is 47.8 Å². The van der Waals surface area contributed by atoms with Crippen molar-refractivity contribution < 1.29 is 9.72 Å². The van der Waals surface area contributed by atoms with Crippen molar-refractivity contribution in [2.45, 2.75) is 12.8 Å². The van der Waals surface area contributed by atoms with Gasteiger partial charge in [0.2, 0.25) is 0 Å². The molecule has 1 aliphatic rings. The van der Waals surface area contributed by atoms with Crippen LogP contribution in [-0.2, 0) is 0 Å². The normalized spacial score (nSPS) is 13.9. The summed E-state index contributed by atoms with van der Waals surface area (Å²) >= 11 is 1.54. The molecule has 1 fully saturated rings. The lowest BCUT2D eigenvalue weighted by atomic mass is 10.2. The van der Waals surface area contributed by atoms with Gasteiger partial charge in [0.05, 0.1) is 15.5 Å². The first-order valence-corrected chi connectivity index (χ1v) is 9.19. The summed E-state index contributed by atoms with van der Waals surface area (Å²) in [5.74, 6) is -0.0932. The van der Waals surface area contributed by atoms with Crippen molar-refractivity contribution in [2.24, 2.45) is 0 Å². The van der Waals surface area contributed by atoms with E-state index in [9.17, 15) is 14.9 Å². The molecule has 1 amide bonds. The Morgan fingerprint density at radius 3 is 2.65 bits per heavy atom. The summed E-state index contributed by atoms with van der Waals surface area (Å²) in [6.45, 7) is 1.46. The zero-order valence-electron chi connectivity index (χ0n) is 13.9. The average molecular weight is 368 g/mol. The molecule has 26 heavy (non-hydrogen) atoms. The standard InChI is InChI=1S/C18H16N4O3S/c23-18(20-8-1-2-9-20)16-12-15(17-7-4-10-26-17)19-21(16)13-5-3-6-14(11-13)22(24)25/h3-7,10-12H,1-2,8-9H2. The van der Waals surface area contributed by atoms with Gasteiger partial charge in [-0.3, -0.25) is 14.9 Å². The van der Waals surface area contributed by atoms with Crippen LogP contribution in [0.4, 0.5) is 5.69 Å². The van der Waals surface area contributed by atoms with Crippen molar-refractivity contribution in [3.63, 3.8) is 0 Å². The largest absolute Gasteiger partial charge is 0.337 e. The van der Waals surface area contributed by atoms with Gasteiger partial charge in [-0.05, 0) is 36.4 Å². The van der Waals surface area contributed by atoms with Gasteiger partial charge in [-0.2, -0.15) is 5.10 Å². The third-order valence-corrected chi connectivity index (χ3v) is 5.27. The predicted molar refractivity (Wildman–Crippen MR) is 98.7 cm³/mol. The number of benzene rings is 1. The fourth-order valence-corrected chi connectivity index (χ4v) is 3.78. The molecule has 1 aliphatic heterocycles. The fraction of sp³-hybridized carbons (Fsp3) is 0.222. The molecule has 0 spiro atoms. The molecule has 0 radical (unpaired) electrons. The van der Waals surface area contributed by atoms with Crippen molar-refractivity contribution >= 4 is 22.9 Å². The summed E-state index contributed by atoms with van der Waals surface area (Å²) in [7, 11) is 0. The molecule has 2 aromatic heterocycles. The maximum atomic E-state index is 13.0. The number of nitro benzene ring substituents is 1. The van der Waals surface area contributed by atoms with Gasteiger partial charge < -0.3 is 4.90 Å². The molecule has 4 rings (SSSR count). The Hall–Kier alpha value is -3.00. The van der Waals surface area contributed by atoms with Crippen LogP contribution in [0.5, 0.6) is 0 Å². The number of hydrogen-bond acceptors (Lipinski definition) is 5. The number of non-ortho nitro benzene ring substituents is 1. The van der Waals surface area contributed by atoms with E-state index in [0.29, 0.717) is 17.1 Å². The average Bonchev–Trinajstić information content (AvgIpc) is 3.42. The van der Waals surface area contributed by atoms with Gasteiger partial charge in [0, 0.05) is 25.2 Å². The van der Waals surface area contributed by atoms with Gasteiger partial charge in [-0.15, -0.1) is 11.3 Å². The van der Waals surface area contributed by atoms with Crippen LogP contribution in [0.1, 0.15) is 23.3 Å². The topological polar surface area (TPSA) is 81.3 Å². The van der Waals surface area contributed by atoms with Crippen LogP contribution in [0.3, 0.4) is 0 Å². The van der Waals surface area contributed by atoms with Crippen molar-refractivity contribution in [1.82, 2.24) is 14.7 Å². The van der Waals surface area contributed by atoms with Crippen LogP contribution in [0.2, 0.25) is 0 Å². The second-order valence-corrected chi connectivity index (χ2v) is 7.03. The smallest absolute Gasteiger partial charge is 0.272 e. The first-order valence-electron chi connectivity index (χ1n) is 8.31. The van der Waals surface area contributed by atoms with E-state index in [1.165, 1.54) is 28.2 Å². The monoisotopic (exact) mass is 368 g/mol. The van der Waals surface area contributed by atoms with E-state index in [4.69, 9.17) is 0 Å². The lowest BCUT2D eigenvalue weighted by Gasteiger charge is -2.15. The zero-order valence-corrected chi connectivity index (χ0v) is 14.7. The second-order valence-electron chi connectivity index (χ2n) is 6.08. The molecular weight excluding hydrogens is 352 g/mol. The Labute approximate surface area is 153 Å². The Kier molecular flexibility index (Phi) is 4.26. The highest BCUT2D eigenvalue weighted by atomic mass is 32.1. The Morgan fingerprint density at radius 2 is 1.96 bits per heavy atom. The highest BCUT2D eigenvalue weighted by molar-refractivity contribution is 7.13. The number of carbonyl (C=O) groups is 1. The Balaban J connectivity index is 1.82. The first-order chi connectivity index (χ1) is 12.6. The number of nitrogens with zero attached hydrogens (tertiary/aromatic N) is 4. The number of amides is 1. The van der Waals surface area contributed by atoms with Crippen LogP contribution < -0.4 is 0 Å². The van der Waals surface area contributed by atoms with E-state index in [1.54, 1.807) is 18.2 Å². The summed E-state index contributed by atoms with van der Waals surface area (Å²) < 4.78 is 1.52. The molecule has 0 N–H and O–H groups in total. The Bertz CT molecular complexity index is 959. The number of hydrogen-bond donors (Lipinski definition) is 0. The highest BCUT2D eigenvalue weighted by Crippen LogP contribution is 2.28. The van der Waals surface area contributed by atoms with Crippen molar-refractivity contribution in [3.8, 4) is 16.3 Å². The lowest BCUT2D eigenvalue weighted by Crippen LogP contribution is -2.29. The van der Waals surface area contributed by atoms with E-state index in [0.717, 1.165) is 30.8 Å².